The first-order valence-electron chi connectivity index (χ1n) is 8.28. The average Bonchev–Trinajstić information content (AvgIpc) is 2.93. The van der Waals surface area contributed by atoms with E-state index >= 15 is 0 Å². The lowest BCUT2D eigenvalue weighted by molar-refractivity contribution is 0.601. The summed E-state index contributed by atoms with van der Waals surface area (Å²) in [6, 6.07) is 15.5. The summed E-state index contributed by atoms with van der Waals surface area (Å²) in [6.07, 6.45) is 1.71. The van der Waals surface area contributed by atoms with Gasteiger partial charge in [0.25, 0.3) is 0 Å². The minimum absolute atomic E-state index is 0.195. The number of amidine groups is 1. The van der Waals surface area contributed by atoms with Crippen LogP contribution in [0.3, 0.4) is 0 Å². The topological polar surface area (TPSA) is 51.3 Å². The van der Waals surface area contributed by atoms with E-state index in [1.54, 1.807) is 20.0 Å². The van der Waals surface area contributed by atoms with Crippen molar-refractivity contribution in [1.29, 1.82) is 0 Å². The third kappa shape index (κ3) is 2.38. The van der Waals surface area contributed by atoms with Crippen LogP contribution < -0.4 is 5.73 Å². The second kappa shape index (κ2) is 6.02. The van der Waals surface area contributed by atoms with E-state index in [4.69, 9.17) is 10.7 Å². The summed E-state index contributed by atoms with van der Waals surface area (Å²) < 4.78 is 15.2. The maximum Gasteiger partial charge on any atom is 0.146 e. The lowest BCUT2D eigenvalue weighted by Crippen LogP contribution is -2.26. The van der Waals surface area contributed by atoms with E-state index in [1.807, 2.05) is 48.5 Å². The molecule has 0 aliphatic carbocycles. The van der Waals surface area contributed by atoms with Gasteiger partial charge in [0.15, 0.2) is 0 Å². The highest BCUT2D eigenvalue weighted by Crippen LogP contribution is 2.46. The Kier molecular flexibility index (Phi) is 3.92. The van der Waals surface area contributed by atoms with Gasteiger partial charge in [-0.2, -0.15) is 0 Å². The molecule has 0 saturated heterocycles. The molecule has 1 unspecified atom stereocenters. The fourth-order valence-electron chi connectivity index (χ4n) is 3.67. The van der Waals surface area contributed by atoms with Gasteiger partial charge in [-0.1, -0.05) is 46.3 Å². The number of rotatable bonds is 2. The maximum atomic E-state index is 14.3. The van der Waals surface area contributed by atoms with E-state index in [0.717, 1.165) is 21.2 Å². The van der Waals surface area contributed by atoms with Gasteiger partial charge in [0.1, 0.15) is 22.9 Å². The van der Waals surface area contributed by atoms with E-state index in [0.29, 0.717) is 22.7 Å². The molecule has 0 fully saturated rings. The molecule has 3 nitrogen and oxygen atoms in total. The zero-order valence-electron chi connectivity index (χ0n) is 14.4. The molecule has 130 valence electrons. The van der Waals surface area contributed by atoms with Gasteiger partial charge in [-0.05, 0) is 54.3 Å². The van der Waals surface area contributed by atoms with E-state index < -0.39 is 5.54 Å². The molecule has 2 aromatic carbocycles. The quantitative estimate of drug-likeness (QED) is 0.671. The van der Waals surface area contributed by atoms with Gasteiger partial charge in [-0.3, -0.25) is 4.98 Å². The Hall–Kier alpha value is -2.53. The Morgan fingerprint density at radius 3 is 2.42 bits per heavy atom. The number of nitrogens with zero attached hydrogens (tertiary/aromatic N) is 2. The van der Waals surface area contributed by atoms with E-state index in [9.17, 15) is 4.39 Å². The van der Waals surface area contributed by atoms with Crippen molar-refractivity contribution in [2.75, 3.05) is 0 Å². The first-order chi connectivity index (χ1) is 12.4. The minimum Gasteiger partial charge on any atom is -0.382 e. The molecular weight excluding hydrogens is 393 g/mol. The van der Waals surface area contributed by atoms with Gasteiger partial charge in [-0.25, -0.2) is 9.38 Å². The van der Waals surface area contributed by atoms with E-state index in [2.05, 4.69) is 20.9 Å². The summed E-state index contributed by atoms with van der Waals surface area (Å²) in [6.45, 7) is 3.54. The number of aliphatic imine (C=N–C) groups is 1. The molecule has 1 atom stereocenters. The molecule has 0 radical (unpaired) electrons. The number of hydrogen-bond acceptors (Lipinski definition) is 3. The second-order valence-electron chi connectivity index (χ2n) is 6.54. The molecule has 1 aromatic heterocycles. The molecular formula is C21H17BrFN3. The van der Waals surface area contributed by atoms with E-state index in [1.165, 1.54) is 0 Å². The van der Waals surface area contributed by atoms with Crippen LogP contribution in [0.15, 0.2) is 64.2 Å². The van der Waals surface area contributed by atoms with Gasteiger partial charge in [0.05, 0.1) is 0 Å². The molecule has 1 aliphatic rings. The first kappa shape index (κ1) is 16.9. The standard InChI is InChI=1S/C21H17BrFN3/c1-12-9-15(10-13(2)18(12)23)21(14-5-3-6-16(22)11-14)17-7-4-8-25-19(17)20(24)26-21/h3-11H,1-2H3,(H2,24,26). The number of aryl methyl sites for hydroxylation is 2. The third-order valence-corrected chi connectivity index (χ3v) is 5.32. The van der Waals surface area contributed by atoms with Crippen LogP contribution in [0, 0.1) is 19.7 Å². The molecule has 0 amide bonds. The van der Waals surface area contributed by atoms with Crippen molar-refractivity contribution in [3.8, 4) is 0 Å². The summed E-state index contributed by atoms with van der Waals surface area (Å²) in [5.41, 5.74) is 9.97. The van der Waals surface area contributed by atoms with Crippen LogP contribution in [0.1, 0.15) is 33.5 Å². The summed E-state index contributed by atoms with van der Waals surface area (Å²) in [5.74, 6) is 0.194. The molecule has 0 bridgehead atoms. The van der Waals surface area contributed by atoms with Crippen LogP contribution in [0.2, 0.25) is 0 Å². The number of benzene rings is 2. The molecule has 4 rings (SSSR count). The Balaban J connectivity index is 2.11. The van der Waals surface area contributed by atoms with Crippen molar-refractivity contribution >= 4 is 21.8 Å². The number of fused-ring (bicyclic) bond motifs is 1. The van der Waals surface area contributed by atoms with Crippen LogP contribution in [0.5, 0.6) is 0 Å². The van der Waals surface area contributed by atoms with Crippen LogP contribution in [0.25, 0.3) is 0 Å². The van der Waals surface area contributed by atoms with Crippen LogP contribution in [-0.2, 0) is 5.54 Å². The molecule has 26 heavy (non-hydrogen) atoms. The SMILES string of the molecule is Cc1cc(C2(c3cccc(Br)c3)N=C(N)c3ncccc32)cc(C)c1F. The molecule has 5 heteroatoms. The molecule has 2 heterocycles. The fourth-order valence-corrected chi connectivity index (χ4v) is 4.07. The molecule has 0 spiro atoms. The Morgan fingerprint density at radius 1 is 1.00 bits per heavy atom. The minimum atomic E-state index is -0.847. The second-order valence-corrected chi connectivity index (χ2v) is 7.46. The molecule has 1 aliphatic heterocycles. The third-order valence-electron chi connectivity index (χ3n) is 4.82. The smallest absolute Gasteiger partial charge is 0.146 e. The zero-order chi connectivity index (χ0) is 18.5. The van der Waals surface area contributed by atoms with Gasteiger partial charge in [0, 0.05) is 16.2 Å². The van der Waals surface area contributed by atoms with Crippen LogP contribution in [0.4, 0.5) is 4.39 Å². The van der Waals surface area contributed by atoms with Crippen LogP contribution >= 0.6 is 15.9 Å². The number of pyridine rings is 1. The van der Waals surface area contributed by atoms with Crippen molar-refractivity contribution in [3.05, 3.63) is 98.5 Å². The van der Waals surface area contributed by atoms with Crippen molar-refractivity contribution in [2.24, 2.45) is 10.7 Å². The Labute approximate surface area is 159 Å². The largest absolute Gasteiger partial charge is 0.382 e. The van der Waals surface area contributed by atoms with Gasteiger partial charge in [0.2, 0.25) is 0 Å². The molecule has 0 saturated carbocycles. The number of nitrogens with two attached hydrogens (primary N) is 1. The van der Waals surface area contributed by atoms with Crippen LogP contribution in [-0.4, -0.2) is 10.8 Å². The Bertz CT molecular complexity index is 1040. The van der Waals surface area contributed by atoms with Gasteiger partial charge in [-0.15, -0.1) is 0 Å². The lowest BCUT2D eigenvalue weighted by atomic mass is 9.77. The number of hydrogen-bond donors (Lipinski definition) is 1. The summed E-state index contributed by atoms with van der Waals surface area (Å²) >= 11 is 3.55. The lowest BCUT2D eigenvalue weighted by Gasteiger charge is -2.29. The zero-order valence-corrected chi connectivity index (χ0v) is 16.0. The summed E-state index contributed by atoms with van der Waals surface area (Å²) in [7, 11) is 0. The Morgan fingerprint density at radius 2 is 1.73 bits per heavy atom. The predicted molar refractivity (Wildman–Crippen MR) is 105 cm³/mol. The number of aromatic nitrogens is 1. The van der Waals surface area contributed by atoms with Crippen molar-refractivity contribution in [1.82, 2.24) is 4.98 Å². The van der Waals surface area contributed by atoms with Crippen molar-refractivity contribution in [2.45, 2.75) is 19.4 Å². The fraction of sp³-hybridized carbons (Fsp3) is 0.143. The summed E-state index contributed by atoms with van der Waals surface area (Å²) in [5, 5.41) is 0. The highest BCUT2D eigenvalue weighted by Gasteiger charge is 2.44. The monoisotopic (exact) mass is 409 g/mol. The highest BCUT2D eigenvalue weighted by molar-refractivity contribution is 9.10. The molecule has 3 aromatic rings. The summed E-state index contributed by atoms with van der Waals surface area (Å²) in [4.78, 5) is 9.30. The van der Waals surface area contributed by atoms with Gasteiger partial charge < -0.3 is 5.73 Å². The number of halogens is 2. The predicted octanol–water partition coefficient (Wildman–Crippen LogP) is 4.61. The van der Waals surface area contributed by atoms with Gasteiger partial charge >= 0.3 is 0 Å². The highest BCUT2D eigenvalue weighted by atomic mass is 79.9. The van der Waals surface area contributed by atoms with Crippen molar-refractivity contribution in [3.63, 3.8) is 0 Å². The van der Waals surface area contributed by atoms with Crippen molar-refractivity contribution < 1.29 is 4.39 Å². The maximum absolute atomic E-state index is 14.3. The molecule has 2 N–H and O–H groups in total. The first-order valence-corrected chi connectivity index (χ1v) is 9.07. The normalized spacial score (nSPS) is 18.5. The average molecular weight is 410 g/mol. The van der Waals surface area contributed by atoms with E-state index in [-0.39, 0.29) is 5.82 Å².